The molecule has 1 heteroatoms. The van der Waals surface area contributed by atoms with E-state index >= 15 is 0 Å². The number of aryl methyl sites for hydroxylation is 7. The first-order chi connectivity index (χ1) is 21.2. The lowest BCUT2D eigenvalue weighted by molar-refractivity contribution is 1.16. The van der Waals surface area contributed by atoms with Crippen LogP contribution in [0.5, 0.6) is 0 Å². The average Bonchev–Trinajstić information content (AvgIpc) is 3.31. The van der Waals surface area contributed by atoms with Gasteiger partial charge in [-0.05, 0) is 140 Å². The fourth-order valence-corrected chi connectivity index (χ4v) is 7.16. The van der Waals surface area contributed by atoms with E-state index in [2.05, 4.69) is 162 Å². The molecule has 0 aliphatic rings. The third-order valence-corrected chi connectivity index (χ3v) is 9.27. The van der Waals surface area contributed by atoms with E-state index < -0.39 is 0 Å². The van der Waals surface area contributed by atoms with Crippen LogP contribution >= 0.6 is 0 Å². The lowest BCUT2D eigenvalue weighted by Crippen LogP contribution is -1.98. The van der Waals surface area contributed by atoms with Crippen molar-refractivity contribution in [2.24, 2.45) is 0 Å². The topological polar surface area (TPSA) is 4.93 Å². The summed E-state index contributed by atoms with van der Waals surface area (Å²) in [7, 11) is 0. The average molecular weight is 570 g/mol. The van der Waals surface area contributed by atoms with Crippen LogP contribution in [-0.4, -0.2) is 4.57 Å². The molecule has 7 aromatic rings. The van der Waals surface area contributed by atoms with E-state index in [9.17, 15) is 0 Å². The van der Waals surface area contributed by atoms with Crippen molar-refractivity contribution in [1.29, 1.82) is 0 Å². The number of nitrogens with zero attached hydrogens (tertiary/aromatic N) is 1. The Hall–Kier alpha value is -4.88. The van der Waals surface area contributed by atoms with E-state index in [4.69, 9.17) is 0 Å². The Labute approximate surface area is 261 Å². The molecule has 0 atom stereocenters. The van der Waals surface area contributed by atoms with Gasteiger partial charge in [-0.25, -0.2) is 0 Å². The van der Waals surface area contributed by atoms with Crippen molar-refractivity contribution in [2.45, 2.75) is 48.5 Å². The van der Waals surface area contributed by atoms with Gasteiger partial charge in [0.05, 0.1) is 11.0 Å². The Morgan fingerprint density at radius 1 is 0.364 bits per heavy atom. The third kappa shape index (κ3) is 4.74. The van der Waals surface area contributed by atoms with Gasteiger partial charge in [0, 0.05) is 16.5 Å². The minimum atomic E-state index is 1.20. The van der Waals surface area contributed by atoms with Gasteiger partial charge in [0.15, 0.2) is 0 Å². The standard InChI is InChI=1S/C43H39N/c1-26-8-12-33(13-9-26)43-31(6)22-36(23-32(43)7)44-41-18-14-34(37-16-10-27(2)20-29(37)4)24-39(41)40-25-35(15-19-42(40)44)38-17-11-28(3)21-30(38)5/h8-25H,1-7H3. The summed E-state index contributed by atoms with van der Waals surface area (Å²) < 4.78 is 2.46. The van der Waals surface area contributed by atoms with Crippen LogP contribution in [0.1, 0.15) is 38.9 Å². The van der Waals surface area contributed by atoms with Crippen LogP contribution in [-0.2, 0) is 0 Å². The highest BCUT2D eigenvalue weighted by atomic mass is 15.0. The molecule has 0 saturated carbocycles. The highest BCUT2D eigenvalue weighted by Gasteiger charge is 2.17. The maximum atomic E-state index is 2.46. The second kappa shape index (κ2) is 10.7. The molecule has 0 radical (unpaired) electrons. The monoisotopic (exact) mass is 569 g/mol. The second-order valence-electron chi connectivity index (χ2n) is 12.8. The lowest BCUT2D eigenvalue weighted by atomic mass is 9.94. The molecule has 0 saturated heterocycles. The molecule has 7 rings (SSSR count). The summed E-state index contributed by atoms with van der Waals surface area (Å²) in [5.74, 6) is 0. The first-order valence-corrected chi connectivity index (χ1v) is 15.6. The van der Waals surface area contributed by atoms with E-state index in [-0.39, 0.29) is 0 Å². The molecule has 0 aliphatic carbocycles. The molecular weight excluding hydrogens is 530 g/mol. The summed E-state index contributed by atoms with van der Waals surface area (Å²) in [4.78, 5) is 0. The van der Waals surface area contributed by atoms with Gasteiger partial charge in [-0.2, -0.15) is 0 Å². The number of hydrogen-bond donors (Lipinski definition) is 0. The van der Waals surface area contributed by atoms with Crippen molar-refractivity contribution >= 4 is 21.8 Å². The number of benzene rings is 6. The molecule has 0 amide bonds. The fourth-order valence-electron chi connectivity index (χ4n) is 7.16. The second-order valence-corrected chi connectivity index (χ2v) is 12.8. The van der Waals surface area contributed by atoms with Crippen LogP contribution in [0.15, 0.2) is 109 Å². The molecule has 44 heavy (non-hydrogen) atoms. The zero-order chi connectivity index (χ0) is 30.7. The molecule has 0 unspecified atom stereocenters. The minimum absolute atomic E-state index is 1.20. The predicted octanol–water partition coefficient (Wildman–Crippen LogP) is 11.9. The molecule has 0 N–H and O–H groups in total. The van der Waals surface area contributed by atoms with Crippen molar-refractivity contribution in [3.63, 3.8) is 0 Å². The Kier molecular flexibility index (Phi) is 6.78. The number of hydrogen-bond acceptors (Lipinski definition) is 0. The summed E-state index contributed by atoms with van der Waals surface area (Å²) in [6, 6.07) is 41.2. The van der Waals surface area contributed by atoms with E-state index in [1.807, 2.05) is 0 Å². The van der Waals surface area contributed by atoms with Gasteiger partial charge < -0.3 is 4.57 Å². The van der Waals surface area contributed by atoms with Gasteiger partial charge in [0.1, 0.15) is 0 Å². The molecule has 0 fully saturated rings. The van der Waals surface area contributed by atoms with Crippen molar-refractivity contribution in [1.82, 2.24) is 4.57 Å². The molecule has 1 nitrogen and oxygen atoms in total. The summed E-state index contributed by atoms with van der Waals surface area (Å²) >= 11 is 0. The Morgan fingerprint density at radius 2 is 0.795 bits per heavy atom. The van der Waals surface area contributed by atoms with Crippen LogP contribution in [0.4, 0.5) is 0 Å². The number of rotatable bonds is 4. The fraction of sp³-hybridized carbons (Fsp3) is 0.163. The van der Waals surface area contributed by atoms with Crippen LogP contribution in [0, 0.1) is 48.5 Å². The molecular formula is C43H39N. The molecule has 1 heterocycles. The summed E-state index contributed by atoms with van der Waals surface area (Å²) in [5, 5.41) is 2.56. The molecule has 1 aromatic heterocycles. The Balaban J connectivity index is 1.48. The summed E-state index contributed by atoms with van der Waals surface area (Å²) in [5.41, 5.74) is 20.4. The molecule has 0 bridgehead atoms. The quantitative estimate of drug-likeness (QED) is 0.199. The highest BCUT2D eigenvalue weighted by Crippen LogP contribution is 2.39. The smallest absolute Gasteiger partial charge is 0.0541 e. The maximum Gasteiger partial charge on any atom is 0.0541 e. The molecule has 6 aromatic carbocycles. The van der Waals surface area contributed by atoms with Crippen molar-refractivity contribution in [2.75, 3.05) is 0 Å². The third-order valence-electron chi connectivity index (χ3n) is 9.27. The van der Waals surface area contributed by atoms with Crippen molar-refractivity contribution < 1.29 is 0 Å². The Morgan fingerprint density at radius 3 is 1.25 bits per heavy atom. The zero-order valence-electron chi connectivity index (χ0n) is 26.8. The van der Waals surface area contributed by atoms with Gasteiger partial charge in [-0.1, -0.05) is 89.5 Å². The number of fused-ring (bicyclic) bond motifs is 3. The first-order valence-electron chi connectivity index (χ1n) is 15.6. The van der Waals surface area contributed by atoms with Gasteiger partial charge in [-0.3, -0.25) is 0 Å². The van der Waals surface area contributed by atoms with E-state index in [0.29, 0.717) is 0 Å². The largest absolute Gasteiger partial charge is 0.309 e. The van der Waals surface area contributed by atoms with Crippen molar-refractivity contribution in [3.8, 4) is 39.1 Å². The summed E-state index contributed by atoms with van der Waals surface area (Å²) in [6.45, 7) is 15.4. The number of aromatic nitrogens is 1. The molecule has 216 valence electrons. The lowest BCUT2D eigenvalue weighted by Gasteiger charge is -2.16. The van der Waals surface area contributed by atoms with Gasteiger partial charge in [0.25, 0.3) is 0 Å². The van der Waals surface area contributed by atoms with Gasteiger partial charge in [0.2, 0.25) is 0 Å². The highest BCUT2D eigenvalue weighted by molar-refractivity contribution is 6.11. The predicted molar refractivity (Wildman–Crippen MR) is 190 cm³/mol. The van der Waals surface area contributed by atoms with Gasteiger partial charge in [-0.15, -0.1) is 0 Å². The molecule has 0 aliphatic heterocycles. The van der Waals surface area contributed by atoms with Crippen LogP contribution in [0.25, 0.3) is 60.9 Å². The van der Waals surface area contributed by atoms with E-state index in [1.165, 1.54) is 99.8 Å². The van der Waals surface area contributed by atoms with E-state index in [0.717, 1.165) is 0 Å². The SMILES string of the molecule is Cc1ccc(-c2c(C)cc(-n3c4ccc(-c5ccc(C)cc5C)cc4c4cc(-c5ccc(C)cc5C)ccc43)cc2C)cc1. The zero-order valence-corrected chi connectivity index (χ0v) is 26.8. The Bertz CT molecular complexity index is 2090. The summed E-state index contributed by atoms with van der Waals surface area (Å²) in [6.07, 6.45) is 0. The molecule has 0 spiro atoms. The van der Waals surface area contributed by atoms with Crippen LogP contribution in [0.2, 0.25) is 0 Å². The van der Waals surface area contributed by atoms with Crippen LogP contribution < -0.4 is 0 Å². The maximum absolute atomic E-state index is 2.46. The van der Waals surface area contributed by atoms with Crippen LogP contribution in [0.3, 0.4) is 0 Å². The first kappa shape index (κ1) is 27.9. The normalized spacial score (nSPS) is 11.5. The minimum Gasteiger partial charge on any atom is -0.309 e. The van der Waals surface area contributed by atoms with E-state index in [1.54, 1.807) is 0 Å². The van der Waals surface area contributed by atoms with Gasteiger partial charge >= 0.3 is 0 Å². The van der Waals surface area contributed by atoms with Crippen molar-refractivity contribution in [3.05, 3.63) is 148 Å².